The van der Waals surface area contributed by atoms with Gasteiger partial charge in [-0.15, -0.1) is 0 Å². The van der Waals surface area contributed by atoms with Gasteiger partial charge in [0.1, 0.15) is 4.90 Å². The van der Waals surface area contributed by atoms with Crippen molar-refractivity contribution >= 4 is 21.5 Å². The number of hydrogen-bond acceptors (Lipinski definition) is 4. The average Bonchev–Trinajstić information content (AvgIpc) is 2.16. The van der Waals surface area contributed by atoms with Gasteiger partial charge in [-0.05, 0) is 24.6 Å². The molecule has 0 radical (unpaired) electrons. The van der Waals surface area contributed by atoms with Crippen LogP contribution in [-0.2, 0) is 10.1 Å². The molecule has 1 aromatic carbocycles. The van der Waals surface area contributed by atoms with Gasteiger partial charge in [0, 0.05) is 25.5 Å². The molecule has 0 saturated heterocycles. The summed E-state index contributed by atoms with van der Waals surface area (Å²) in [5, 5.41) is 5.69. The summed E-state index contributed by atoms with van der Waals surface area (Å²) in [5.41, 5.74) is 1.78. The van der Waals surface area contributed by atoms with E-state index in [1.165, 1.54) is 6.07 Å². The zero-order chi connectivity index (χ0) is 11.6. The molecule has 0 bridgehead atoms. The van der Waals surface area contributed by atoms with E-state index in [1.54, 1.807) is 27.1 Å². The van der Waals surface area contributed by atoms with Crippen LogP contribution in [0.25, 0.3) is 0 Å². The molecule has 0 amide bonds. The number of benzene rings is 1. The third-order valence-corrected chi connectivity index (χ3v) is 3.18. The van der Waals surface area contributed by atoms with Gasteiger partial charge in [0.2, 0.25) is 0 Å². The highest BCUT2D eigenvalue weighted by Crippen LogP contribution is 2.27. The van der Waals surface area contributed by atoms with Crippen LogP contribution in [0.5, 0.6) is 0 Å². The van der Waals surface area contributed by atoms with Crippen molar-refractivity contribution < 1.29 is 13.0 Å². The lowest BCUT2D eigenvalue weighted by atomic mass is 10.2. The van der Waals surface area contributed by atoms with Crippen molar-refractivity contribution in [3.8, 4) is 0 Å². The van der Waals surface area contributed by atoms with E-state index in [-0.39, 0.29) is 4.90 Å². The lowest BCUT2D eigenvalue weighted by molar-refractivity contribution is 0.482. The Bertz CT molecular complexity index is 468. The Balaban J connectivity index is 3.51. The standard InChI is InChI=1S/C9H14N2O3S/c1-6-8(11-3)4-7(10-2)5-9(6)15(12,13)14/h4-5,10-11H,1-3H3,(H,12,13,14). The van der Waals surface area contributed by atoms with Gasteiger partial charge in [-0.25, -0.2) is 0 Å². The summed E-state index contributed by atoms with van der Waals surface area (Å²) < 4.78 is 31.2. The normalized spacial score (nSPS) is 11.2. The van der Waals surface area contributed by atoms with Gasteiger partial charge < -0.3 is 10.6 Å². The maximum absolute atomic E-state index is 11.1. The maximum Gasteiger partial charge on any atom is 0.294 e. The van der Waals surface area contributed by atoms with E-state index >= 15 is 0 Å². The molecule has 84 valence electrons. The molecular formula is C9H14N2O3S. The Kier molecular flexibility index (Phi) is 3.21. The van der Waals surface area contributed by atoms with Crippen molar-refractivity contribution in [2.75, 3.05) is 24.7 Å². The molecule has 6 heteroatoms. The second-order valence-corrected chi connectivity index (χ2v) is 4.51. The van der Waals surface area contributed by atoms with Crippen LogP contribution in [-0.4, -0.2) is 27.1 Å². The van der Waals surface area contributed by atoms with E-state index in [0.717, 1.165) is 0 Å². The van der Waals surface area contributed by atoms with E-state index < -0.39 is 10.1 Å². The first-order chi connectivity index (χ1) is 6.90. The van der Waals surface area contributed by atoms with Gasteiger partial charge >= 0.3 is 0 Å². The van der Waals surface area contributed by atoms with Gasteiger partial charge in [-0.2, -0.15) is 8.42 Å². The van der Waals surface area contributed by atoms with E-state index in [1.807, 2.05) is 0 Å². The average molecular weight is 230 g/mol. The molecule has 5 nitrogen and oxygen atoms in total. The van der Waals surface area contributed by atoms with Gasteiger partial charge in [0.05, 0.1) is 0 Å². The van der Waals surface area contributed by atoms with Gasteiger partial charge in [0.15, 0.2) is 0 Å². The molecule has 0 aliphatic rings. The van der Waals surface area contributed by atoms with Crippen LogP contribution in [0.4, 0.5) is 11.4 Å². The summed E-state index contributed by atoms with van der Waals surface area (Å²) in [6, 6.07) is 3.16. The molecule has 0 fully saturated rings. The van der Waals surface area contributed by atoms with Gasteiger partial charge in [0.25, 0.3) is 10.1 Å². The predicted octanol–water partition coefficient (Wildman–Crippen LogP) is 1.33. The Morgan fingerprint density at radius 2 is 1.80 bits per heavy atom. The molecule has 15 heavy (non-hydrogen) atoms. The SMILES string of the molecule is CNc1cc(NC)c(C)c(S(=O)(=O)O)c1. The monoisotopic (exact) mass is 230 g/mol. The van der Waals surface area contributed by atoms with Crippen LogP contribution >= 0.6 is 0 Å². The molecule has 1 rings (SSSR count). The molecule has 3 N–H and O–H groups in total. The van der Waals surface area contributed by atoms with Crippen molar-refractivity contribution in [3.63, 3.8) is 0 Å². The summed E-state index contributed by atoms with van der Waals surface area (Å²) in [4.78, 5) is -0.0845. The van der Waals surface area contributed by atoms with Crippen LogP contribution in [0.15, 0.2) is 17.0 Å². The van der Waals surface area contributed by atoms with E-state index in [4.69, 9.17) is 4.55 Å². The molecule has 0 atom stereocenters. The minimum atomic E-state index is -4.18. The summed E-state index contributed by atoms with van der Waals surface area (Å²) in [7, 11) is -0.810. The van der Waals surface area contributed by atoms with E-state index in [2.05, 4.69) is 10.6 Å². The largest absolute Gasteiger partial charge is 0.388 e. The first-order valence-corrected chi connectivity index (χ1v) is 5.81. The molecule has 0 aliphatic heterocycles. The zero-order valence-corrected chi connectivity index (χ0v) is 9.64. The first kappa shape index (κ1) is 11.8. The number of rotatable bonds is 3. The van der Waals surface area contributed by atoms with Crippen molar-refractivity contribution in [1.82, 2.24) is 0 Å². The first-order valence-electron chi connectivity index (χ1n) is 4.37. The van der Waals surface area contributed by atoms with Crippen molar-refractivity contribution in [3.05, 3.63) is 17.7 Å². The van der Waals surface area contributed by atoms with Gasteiger partial charge in [-0.3, -0.25) is 4.55 Å². The quantitative estimate of drug-likeness (QED) is 0.683. The second kappa shape index (κ2) is 4.08. The molecule has 1 aromatic rings. The lowest BCUT2D eigenvalue weighted by Gasteiger charge is -2.12. The number of hydrogen-bond donors (Lipinski definition) is 3. The Morgan fingerprint density at radius 1 is 1.20 bits per heavy atom. The Hall–Kier alpha value is -1.27. The summed E-state index contributed by atoms with van der Waals surface area (Å²) >= 11 is 0. The van der Waals surface area contributed by atoms with Crippen LogP contribution < -0.4 is 10.6 Å². The topological polar surface area (TPSA) is 78.4 Å². The fourth-order valence-corrected chi connectivity index (χ4v) is 2.13. The lowest BCUT2D eigenvalue weighted by Crippen LogP contribution is -2.05. The predicted molar refractivity (Wildman–Crippen MR) is 60.1 cm³/mol. The highest BCUT2D eigenvalue weighted by atomic mass is 32.2. The molecule has 0 heterocycles. The highest BCUT2D eigenvalue weighted by molar-refractivity contribution is 7.85. The smallest absolute Gasteiger partial charge is 0.294 e. The van der Waals surface area contributed by atoms with Crippen molar-refractivity contribution in [2.45, 2.75) is 11.8 Å². The third-order valence-electron chi connectivity index (χ3n) is 2.20. The Morgan fingerprint density at radius 3 is 2.20 bits per heavy atom. The van der Waals surface area contributed by atoms with Crippen molar-refractivity contribution in [2.24, 2.45) is 0 Å². The summed E-state index contributed by atoms with van der Waals surface area (Å²) in [5.74, 6) is 0. The number of anilines is 2. The maximum atomic E-state index is 11.1. The fraction of sp³-hybridized carbons (Fsp3) is 0.333. The van der Waals surface area contributed by atoms with Crippen molar-refractivity contribution in [1.29, 1.82) is 0 Å². The fourth-order valence-electron chi connectivity index (χ4n) is 1.36. The molecule has 0 aromatic heterocycles. The molecule has 0 spiro atoms. The van der Waals surface area contributed by atoms with Crippen LogP contribution in [0.3, 0.4) is 0 Å². The van der Waals surface area contributed by atoms with Crippen LogP contribution in [0.2, 0.25) is 0 Å². The summed E-state index contributed by atoms with van der Waals surface area (Å²) in [6.45, 7) is 1.63. The van der Waals surface area contributed by atoms with Crippen LogP contribution in [0.1, 0.15) is 5.56 Å². The van der Waals surface area contributed by atoms with Gasteiger partial charge in [-0.1, -0.05) is 0 Å². The third kappa shape index (κ3) is 2.40. The Labute approximate surface area is 89.3 Å². The molecular weight excluding hydrogens is 216 g/mol. The molecule has 0 aliphatic carbocycles. The van der Waals surface area contributed by atoms with E-state index in [9.17, 15) is 8.42 Å². The van der Waals surface area contributed by atoms with E-state index in [0.29, 0.717) is 16.9 Å². The van der Waals surface area contributed by atoms with Crippen LogP contribution in [0, 0.1) is 6.92 Å². The molecule has 0 unspecified atom stereocenters. The molecule has 0 saturated carbocycles. The number of nitrogens with one attached hydrogen (secondary N) is 2. The highest BCUT2D eigenvalue weighted by Gasteiger charge is 2.16. The zero-order valence-electron chi connectivity index (χ0n) is 8.83. The minimum absolute atomic E-state index is 0.0845. The summed E-state index contributed by atoms with van der Waals surface area (Å²) in [6.07, 6.45) is 0. The minimum Gasteiger partial charge on any atom is -0.388 e. The second-order valence-electron chi connectivity index (χ2n) is 3.12.